The number of nitrogens with two attached hydrogens (primary N) is 1. The molecule has 0 heterocycles. The fourth-order valence-electron chi connectivity index (χ4n) is 3.07. The molecule has 0 saturated carbocycles. The highest BCUT2D eigenvalue weighted by molar-refractivity contribution is 6.74. The van der Waals surface area contributed by atoms with Gasteiger partial charge in [-0.1, -0.05) is 81.4 Å². The zero-order valence-corrected chi connectivity index (χ0v) is 19.3. The average molecular weight is 399 g/mol. The SMILES string of the molecule is CC(C)(C)[Si](C)(C)OCC[C@@H](CN)N(Cc1ccccc1)Cc1ccccc1. The van der Waals surface area contributed by atoms with Crippen LogP contribution in [0.2, 0.25) is 18.1 Å². The predicted molar refractivity (Wildman–Crippen MR) is 123 cm³/mol. The summed E-state index contributed by atoms with van der Waals surface area (Å²) in [7, 11) is -1.73. The largest absolute Gasteiger partial charge is 0.417 e. The summed E-state index contributed by atoms with van der Waals surface area (Å²) in [4.78, 5) is 2.50. The van der Waals surface area contributed by atoms with Crippen LogP contribution in [0.4, 0.5) is 0 Å². The fraction of sp³-hybridized carbons (Fsp3) is 0.500. The summed E-state index contributed by atoms with van der Waals surface area (Å²) in [6.45, 7) is 14.7. The van der Waals surface area contributed by atoms with Crippen LogP contribution in [0, 0.1) is 0 Å². The van der Waals surface area contributed by atoms with Crippen molar-refractivity contribution in [1.82, 2.24) is 4.90 Å². The first-order valence-electron chi connectivity index (χ1n) is 10.4. The molecule has 2 rings (SSSR count). The first kappa shape index (κ1) is 22.8. The van der Waals surface area contributed by atoms with Gasteiger partial charge in [-0.25, -0.2) is 0 Å². The van der Waals surface area contributed by atoms with E-state index in [4.69, 9.17) is 10.2 Å². The smallest absolute Gasteiger partial charge is 0.191 e. The molecule has 0 saturated heterocycles. The van der Waals surface area contributed by atoms with Crippen molar-refractivity contribution in [2.75, 3.05) is 13.2 Å². The van der Waals surface area contributed by atoms with Gasteiger partial charge in [0, 0.05) is 32.3 Å². The first-order valence-corrected chi connectivity index (χ1v) is 13.3. The van der Waals surface area contributed by atoms with Crippen molar-refractivity contribution in [3.05, 3.63) is 71.8 Å². The molecule has 0 spiro atoms. The Morgan fingerprint density at radius 2 is 1.36 bits per heavy atom. The number of rotatable bonds is 10. The maximum Gasteiger partial charge on any atom is 0.191 e. The van der Waals surface area contributed by atoms with E-state index in [1.807, 2.05) is 0 Å². The third kappa shape index (κ3) is 6.85. The number of nitrogens with zero attached hydrogens (tertiary/aromatic N) is 1. The predicted octanol–water partition coefficient (Wildman–Crippen LogP) is 5.43. The molecule has 0 aliphatic heterocycles. The Morgan fingerprint density at radius 3 is 1.75 bits per heavy atom. The molecule has 0 amide bonds. The quantitative estimate of drug-likeness (QED) is 0.542. The second kappa shape index (κ2) is 10.4. The molecule has 0 aliphatic carbocycles. The maximum absolute atomic E-state index is 6.43. The van der Waals surface area contributed by atoms with E-state index < -0.39 is 8.32 Å². The lowest BCUT2D eigenvalue weighted by atomic mass is 10.1. The molecule has 2 aromatic carbocycles. The highest BCUT2D eigenvalue weighted by Gasteiger charge is 2.37. The molecule has 2 aromatic rings. The van der Waals surface area contributed by atoms with Gasteiger partial charge in [0.05, 0.1) is 0 Å². The summed E-state index contributed by atoms with van der Waals surface area (Å²) in [5.74, 6) is 0. The summed E-state index contributed by atoms with van der Waals surface area (Å²) in [5, 5.41) is 0.235. The molecule has 4 heteroatoms. The zero-order valence-electron chi connectivity index (χ0n) is 18.3. The van der Waals surface area contributed by atoms with E-state index in [0.29, 0.717) is 12.6 Å². The normalized spacial score (nSPS) is 13.7. The summed E-state index contributed by atoms with van der Waals surface area (Å²) in [6, 6.07) is 21.6. The Labute approximate surface area is 173 Å². The molecular weight excluding hydrogens is 360 g/mol. The Hall–Kier alpha value is -1.46. The molecular formula is C24H38N2OSi. The number of benzene rings is 2. The van der Waals surface area contributed by atoms with Gasteiger partial charge in [-0.05, 0) is 35.7 Å². The lowest BCUT2D eigenvalue weighted by Crippen LogP contribution is -2.44. The second-order valence-electron chi connectivity index (χ2n) is 9.16. The topological polar surface area (TPSA) is 38.5 Å². The van der Waals surface area contributed by atoms with E-state index in [2.05, 4.69) is 99.4 Å². The van der Waals surface area contributed by atoms with Crippen molar-refractivity contribution in [3.63, 3.8) is 0 Å². The molecule has 154 valence electrons. The molecule has 1 atom stereocenters. The van der Waals surface area contributed by atoms with E-state index in [1.165, 1.54) is 11.1 Å². The van der Waals surface area contributed by atoms with Crippen molar-refractivity contribution < 1.29 is 4.43 Å². The molecule has 0 bridgehead atoms. The van der Waals surface area contributed by atoms with Gasteiger partial charge in [0.2, 0.25) is 0 Å². The van der Waals surface area contributed by atoms with Gasteiger partial charge in [-0.2, -0.15) is 0 Å². The highest BCUT2D eigenvalue weighted by atomic mass is 28.4. The van der Waals surface area contributed by atoms with Gasteiger partial charge in [-0.15, -0.1) is 0 Å². The van der Waals surface area contributed by atoms with Crippen molar-refractivity contribution >= 4 is 8.32 Å². The third-order valence-electron chi connectivity index (χ3n) is 5.97. The number of hydrogen-bond acceptors (Lipinski definition) is 3. The summed E-state index contributed by atoms with van der Waals surface area (Å²) >= 11 is 0. The lowest BCUT2D eigenvalue weighted by Gasteiger charge is -2.37. The van der Waals surface area contributed by atoms with Gasteiger partial charge < -0.3 is 10.2 Å². The summed E-state index contributed by atoms with van der Waals surface area (Å²) in [6.07, 6.45) is 0.961. The molecule has 0 aliphatic rings. The summed E-state index contributed by atoms with van der Waals surface area (Å²) in [5.41, 5.74) is 8.87. The van der Waals surface area contributed by atoms with E-state index in [1.54, 1.807) is 0 Å². The van der Waals surface area contributed by atoms with Gasteiger partial charge in [-0.3, -0.25) is 4.90 Å². The van der Waals surface area contributed by atoms with Crippen LogP contribution in [0.25, 0.3) is 0 Å². The van der Waals surface area contributed by atoms with Crippen LogP contribution in [0.1, 0.15) is 38.3 Å². The minimum atomic E-state index is -1.73. The first-order chi connectivity index (χ1) is 13.2. The van der Waals surface area contributed by atoms with Crippen LogP contribution in [0.15, 0.2) is 60.7 Å². The van der Waals surface area contributed by atoms with E-state index in [0.717, 1.165) is 26.1 Å². The van der Waals surface area contributed by atoms with Crippen molar-refractivity contribution in [1.29, 1.82) is 0 Å². The highest BCUT2D eigenvalue weighted by Crippen LogP contribution is 2.36. The minimum Gasteiger partial charge on any atom is -0.417 e. The monoisotopic (exact) mass is 398 g/mol. The molecule has 0 radical (unpaired) electrons. The molecule has 28 heavy (non-hydrogen) atoms. The Morgan fingerprint density at radius 1 is 0.893 bits per heavy atom. The third-order valence-corrected chi connectivity index (χ3v) is 10.5. The molecule has 0 unspecified atom stereocenters. The van der Waals surface area contributed by atoms with Crippen LogP contribution in [0.5, 0.6) is 0 Å². The van der Waals surface area contributed by atoms with Gasteiger partial charge in [0.25, 0.3) is 0 Å². The average Bonchev–Trinajstić information content (AvgIpc) is 2.65. The zero-order chi connectivity index (χ0) is 20.6. The summed E-state index contributed by atoms with van der Waals surface area (Å²) < 4.78 is 6.43. The van der Waals surface area contributed by atoms with E-state index in [9.17, 15) is 0 Å². The van der Waals surface area contributed by atoms with E-state index >= 15 is 0 Å². The Balaban J connectivity index is 2.07. The second-order valence-corrected chi connectivity index (χ2v) is 14.0. The van der Waals surface area contributed by atoms with Gasteiger partial charge in [0.15, 0.2) is 8.32 Å². The van der Waals surface area contributed by atoms with Crippen LogP contribution >= 0.6 is 0 Å². The number of hydrogen-bond donors (Lipinski definition) is 1. The fourth-order valence-corrected chi connectivity index (χ4v) is 4.13. The van der Waals surface area contributed by atoms with Crippen LogP contribution in [-0.2, 0) is 17.5 Å². The maximum atomic E-state index is 6.43. The van der Waals surface area contributed by atoms with E-state index in [-0.39, 0.29) is 5.04 Å². The van der Waals surface area contributed by atoms with Crippen molar-refractivity contribution in [2.45, 2.75) is 64.5 Å². The van der Waals surface area contributed by atoms with Crippen LogP contribution in [0.3, 0.4) is 0 Å². The minimum absolute atomic E-state index is 0.235. The van der Waals surface area contributed by atoms with Crippen molar-refractivity contribution in [2.24, 2.45) is 5.73 Å². The molecule has 0 aromatic heterocycles. The van der Waals surface area contributed by atoms with Gasteiger partial charge >= 0.3 is 0 Å². The Bertz CT molecular complexity index is 641. The van der Waals surface area contributed by atoms with Gasteiger partial charge in [0.1, 0.15) is 0 Å². The van der Waals surface area contributed by atoms with Crippen LogP contribution in [-0.4, -0.2) is 32.4 Å². The van der Waals surface area contributed by atoms with Crippen LogP contribution < -0.4 is 5.73 Å². The Kier molecular flexibility index (Phi) is 8.44. The molecule has 2 N–H and O–H groups in total. The molecule has 0 fully saturated rings. The molecule has 3 nitrogen and oxygen atoms in total. The standard InChI is InChI=1S/C24H38N2OSi/c1-24(2,3)28(4,5)27-17-16-23(18-25)26(19-21-12-8-6-9-13-21)20-22-14-10-7-11-15-22/h6-15,23H,16-20,25H2,1-5H3/t23-/m0/s1. The lowest BCUT2D eigenvalue weighted by molar-refractivity contribution is 0.148. The van der Waals surface area contributed by atoms with Crippen molar-refractivity contribution in [3.8, 4) is 0 Å².